The number of benzene rings is 1. The molecule has 1 amide bonds. The van der Waals surface area contributed by atoms with Crippen LogP contribution in [-0.4, -0.2) is 27.3 Å². The lowest BCUT2D eigenvalue weighted by atomic mass is 10.1. The molecule has 1 N–H and O–H groups in total. The highest BCUT2D eigenvalue weighted by molar-refractivity contribution is 7.17. The molecule has 1 unspecified atom stereocenters. The first kappa shape index (κ1) is 16.4. The molecule has 0 aliphatic carbocycles. The van der Waals surface area contributed by atoms with E-state index in [9.17, 15) is 4.79 Å². The van der Waals surface area contributed by atoms with Crippen LogP contribution in [0.1, 0.15) is 39.9 Å². The van der Waals surface area contributed by atoms with Crippen LogP contribution in [0, 0.1) is 6.92 Å². The minimum atomic E-state index is 0.0762. The number of thiazole rings is 1. The fraction of sp³-hybridized carbons (Fsp3) is 0.263. The van der Waals surface area contributed by atoms with Crippen LogP contribution in [0.4, 0.5) is 0 Å². The Morgan fingerprint density at radius 3 is 2.84 bits per heavy atom. The van der Waals surface area contributed by atoms with Crippen molar-refractivity contribution < 1.29 is 4.79 Å². The standard InChI is InChI=1S/C19H18ClN3OS/c1-12-17(25-18(22-12)13-6-8-14(20)9-7-13)19(24)23-11-3-5-16(23)15-4-2-10-21-15/h2,4,6-10,16,21H,3,5,11H2,1H3. The Hall–Kier alpha value is -2.11. The van der Waals surface area contributed by atoms with Gasteiger partial charge in [0.1, 0.15) is 9.88 Å². The van der Waals surface area contributed by atoms with Gasteiger partial charge in [-0.1, -0.05) is 23.7 Å². The topological polar surface area (TPSA) is 49.0 Å². The summed E-state index contributed by atoms with van der Waals surface area (Å²) in [7, 11) is 0. The summed E-state index contributed by atoms with van der Waals surface area (Å²) in [6, 6.07) is 11.7. The van der Waals surface area contributed by atoms with E-state index < -0.39 is 0 Å². The van der Waals surface area contributed by atoms with Crippen molar-refractivity contribution in [1.82, 2.24) is 14.9 Å². The molecule has 1 atom stereocenters. The molecule has 1 aliphatic rings. The summed E-state index contributed by atoms with van der Waals surface area (Å²) in [6.07, 6.45) is 3.93. The number of hydrogen-bond donors (Lipinski definition) is 1. The number of rotatable bonds is 3. The highest BCUT2D eigenvalue weighted by atomic mass is 35.5. The maximum absolute atomic E-state index is 13.1. The van der Waals surface area contributed by atoms with Crippen molar-refractivity contribution in [1.29, 1.82) is 0 Å². The highest BCUT2D eigenvalue weighted by Gasteiger charge is 2.33. The number of hydrogen-bond acceptors (Lipinski definition) is 3. The number of halogens is 1. The van der Waals surface area contributed by atoms with Crippen LogP contribution >= 0.6 is 22.9 Å². The number of carbonyl (C=O) groups is 1. The second kappa shape index (κ2) is 6.65. The van der Waals surface area contributed by atoms with Crippen LogP contribution in [-0.2, 0) is 0 Å². The summed E-state index contributed by atoms with van der Waals surface area (Å²) in [5.74, 6) is 0.0762. The number of carbonyl (C=O) groups excluding carboxylic acids is 1. The van der Waals surface area contributed by atoms with Gasteiger partial charge in [0.05, 0.1) is 11.7 Å². The van der Waals surface area contributed by atoms with E-state index in [4.69, 9.17) is 11.6 Å². The lowest BCUT2D eigenvalue weighted by Gasteiger charge is -2.23. The second-order valence-corrected chi connectivity index (χ2v) is 7.66. The van der Waals surface area contributed by atoms with Gasteiger partial charge in [0.2, 0.25) is 0 Å². The monoisotopic (exact) mass is 371 g/mol. The molecule has 128 valence electrons. The predicted octanol–water partition coefficient (Wildman–Crippen LogP) is 5.08. The van der Waals surface area contributed by atoms with Gasteiger partial charge < -0.3 is 9.88 Å². The van der Waals surface area contributed by atoms with Crippen molar-refractivity contribution in [2.45, 2.75) is 25.8 Å². The van der Waals surface area contributed by atoms with Gasteiger partial charge in [-0.15, -0.1) is 11.3 Å². The van der Waals surface area contributed by atoms with Crippen LogP contribution in [0.3, 0.4) is 0 Å². The van der Waals surface area contributed by atoms with Gasteiger partial charge >= 0.3 is 0 Å². The molecular formula is C19H18ClN3OS. The summed E-state index contributed by atoms with van der Waals surface area (Å²) in [6.45, 7) is 2.69. The molecule has 4 nitrogen and oxygen atoms in total. The first-order chi connectivity index (χ1) is 12.1. The Bertz CT molecular complexity index is 886. The van der Waals surface area contributed by atoms with Gasteiger partial charge in [0, 0.05) is 29.0 Å². The average molecular weight is 372 g/mol. The molecule has 0 radical (unpaired) electrons. The third kappa shape index (κ3) is 3.10. The summed E-state index contributed by atoms with van der Waals surface area (Å²) < 4.78 is 0. The largest absolute Gasteiger partial charge is 0.363 e. The normalized spacial score (nSPS) is 17.2. The lowest BCUT2D eigenvalue weighted by molar-refractivity contribution is 0.0737. The molecule has 1 aromatic carbocycles. The van der Waals surface area contributed by atoms with Crippen LogP contribution in [0.25, 0.3) is 10.6 Å². The van der Waals surface area contributed by atoms with Gasteiger partial charge in [-0.05, 0) is 44.0 Å². The molecule has 2 aromatic heterocycles. The van der Waals surface area contributed by atoms with Crippen molar-refractivity contribution >= 4 is 28.8 Å². The Morgan fingerprint density at radius 2 is 2.12 bits per heavy atom. The zero-order valence-corrected chi connectivity index (χ0v) is 15.4. The van der Waals surface area contributed by atoms with E-state index in [2.05, 4.69) is 16.0 Å². The number of nitrogens with zero attached hydrogens (tertiary/aromatic N) is 2. The fourth-order valence-corrected chi connectivity index (χ4v) is 4.48. The fourth-order valence-electron chi connectivity index (χ4n) is 3.33. The number of likely N-dealkylation sites (tertiary alicyclic amines) is 1. The van der Waals surface area contributed by atoms with Gasteiger partial charge in [0.25, 0.3) is 5.91 Å². The van der Waals surface area contributed by atoms with E-state index in [1.165, 1.54) is 11.3 Å². The Kier molecular flexibility index (Phi) is 4.36. The number of amides is 1. The van der Waals surface area contributed by atoms with Crippen molar-refractivity contribution in [2.75, 3.05) is 6.54 Å². The van der Waals surface area contributed by atoms with Crippen molar-refractivity contribution in [3.05, 3.63) is 63.9 Å². The Labute approximate surface area is 155 Å². The van der Waals surface area contributed by atoms with E-state index in [-0.39, 0.29) is 11.9 Å². The molecule has 4 rings (SSSR count). The van der Waals surface area contributed by atoms with E-state index >= 15 is 0 Å². The molecule has 25 heavy (non-hydrogen) atoms. The zero-order chi connectivity index (χ0) is 17.4. The van der Waals surface area contributed by atoms with Crippen LogP contribution in [0.2, 0.25) is 5.02 Å². The molecule has 1 fully saturated rings. The minimum absolute atomic E-state index is 0.0762. The van der Waals surface area contributed by atoms with E-state index in [0.717, 1.165) is 46.2 Å². The first-order valence-corrected chi connectivity index (χ1v) is 9.50. The summed E-state index contributed by atoms with van der Waals surface area (Å²) in [4.78, 5) is 23.7. The lowest BCUT2D eigenvalue weighted by Crippen LogP contribution is -2.30. The molecule has 3 heterocycles. The molecule has 0 saturated carbocycles. The zero-order valence-electron chi connectivity index (χ0n) is 13.8. The van der Waals surface area contributed by atoms with Crippen molar-refractivity contribution in [3.63, 3.8) is 0 Å². The molecule has 6 heteroatoms. The molecule has 1 saturated heterocycles. The minimum Gasteiger partial charge on any atom is -0.363 e. The van der Waals surface area contributed by atoms with Gasteiger partial charge in [-0.25, -0.2) is 4.98 Å². The van der Waals surface area contributed by atoms with Crippen molar-refractivity contribution in [3.8, 4) is 10.6 Å². The van der Waals surface area contributed by atoms with Gasteiger partial charge in [-0.2, -0.15) is 0 Å². The number of aryl methyl sites for hydroxylation is 1. The van der Waals surface area contributed by atoms with E-state index in [1.54, 1.807) is 0 Å². The summed E-state index contributed by atoms with van der Waals surface area (Å²) >= 11 is 7.41. The second-order valence-electron chi connectivity index (χ2n) is 6.22. The number of aromatic amines is 1. The Balaban J connectivity index is 1.63. The third-order valence-corrected chi connectivity index (χ3v) is 6.02. The number of nitrogens with one attached hydrogen (secondary N) is 1. The highest BCUT2D eigenvalue weighted by Crippen LogP contribution is 2.35. The average Bonchev–Trinajstić information content (AvgIpc) is 3.35. The smallest absolute Gasteiger partial charge is 0.266 e. The maximum atomic E-state index is 13.1. The van der Waals surface area contributed by atoms with E-state index in [1.807, 2.05) is 48.4 Å². The summed E-state index contributed by atoms with van der Waals surface area (Å²) in [5, 5.41) is 1.55. The van der Waals surface area contributed by atoms with Crippen LogP contribution in [0.15, 0.2) is 42.6 Å². The van der Waals surface area contributed by atoms with Crippen LogP contribution in [0.5, 0.6) is 0 Å². The number of H-pyrrole nitrogens is 1. The maximum Gasteiger partial charge on any atom is 0.266 e. The van der Waals surface area contributed by atoms with Crippen molar-refractivity contribution in [2.24, 2.45) is 0 Å². The third-order valence-electron chi connectivity index (χ3n) is 4.58. The first-order valence-electron chi connectivity index (χ1n) is 8.31. The van der Waals surface area contributed by atoms with Gasteiger partial charge in [0.15, 0.2) is 0 Å². The molecule has 0 bridgehead atoms. The van der Waals surface area contributed by atoms with E-state index in [0.29, 0.717) is 5.02 Å². The number of aromatic nitrogens is 2. The molecule has 0 spiro atoms. The molecule has 3 aromatic rings. The van der Waals surface area contributed by atoms with Gasteiger partial charge in [-0.3, -0.25) is 4.79 Å². The SMILES string of the molecule is Cc1nc(-c2ccc(Cl)cc2)sc1C(=O)N1CCCC1c1ccc[nH]1. The molecular weight excluding hydrogens is 354 g/mol. The molecule has 1 aliphatic heterocycles. The quantitative estimate of drug-likeness (QED) is 0.698. The Morgan fingerprint density at radius 1 is 1.32 bits per heavy atom. The predicted molar refractivity (Wildman–Crippen MR) is 101 cm³/mol. The van der Waals surface area contributed by atoms with Crippen LogP contribution < -0.4 is 0 Å². The summed E-state index contributed by atoms with van der Waals surface area (Å²) in [5.41, 5.74) is 2.88.